The quantitative estimate of drug-likeness (QED) is 0.0477. The summed E-state index contributed by atoms with van der Waals surface area (Å²) in [5.41, 5.74) is 0. The van der Waals surface area contributed by atoms with Crippen LogP contribution in [0.15, 0.2) is 0 Å². The van der Waals surface area contributed by atoms with Crippen molar-refractivity contribution in [2.45, 2.75) is 199 Å². The Kier molecular flexibility index (Phi) is 61.9. The summed E-state index contributed by atoms with van der Waals surface area (Å²) in [7, 11) is 0. The maximum Gasteiger partial charge on any atom is 0.332 e. The van der Waals surface area contributed by atoms with E-state index in [-0.39, 0.29) is 221 Å². The number of nitrogens with zero attached hydrogens (tertiary/aromatic N) is 3. The average molecular weight is 1590 g/mol. The molecule has 3 aliphatic heterocycles. The molecule has 36 nitrogen and oxygen atoms in total. The molecule has 0 spiro atoms. The first kappa shape index (κ1) is 98.4. The Morgan fingerprint density at radius 2 is 0.477 bits per heavy atom. The molecule has 0 radical (unpaired) electrons. The maximum absolute atomic E-state index is 12.7. The van der Waals surface area contributed by atoms with E-state index in [1.54, 1.807) is 0 Å². The summed E-state index contributed by atoms with van der Waals surface area (Å²) in [5, 5.41) is 20.5. The molecule has 111 heavy (non-hydrogen) atoms. The number of ether oxygens (including phenoxy) is 12. The fourth-order valence-corrected chi connectivity index (χ4v) is 10.8. The lowest BCUT2D eigenvalue weighted by Gasteiger charge is -2.18. The fraction of sp³-hybridized carbons (Fsp3) is 0.840. The molecule has 9 amide bonds. The van der Waals surface area contributed by atoms with E-state index >= 15 is 0 Å². The van der Waals surface area contributed by atoms with Crippen LogP contribution in [0.2, 0.25) is 0 Å². The molecule has 3 heterocycles. The summed E-state index contributed by atoms with van der Waals surface area (Å²) in [6, 6.07) is 0. The van der Waals surface area contributed by atoms with Crippen molar-refractivity contribution >= 4 is 71.1 Å². The van der Waals surface area contributed by atoms with Crippen LogP contribution in [0.4, 0.5) is 0 Å². The molecular formula is C75H131N9O27. The second kappa shape index (κ2) is 69.8. The lowest BCUT2D eigenvalue weighted by Crippen LogP contribution is -2.32. The number of hydrogen-bond acceptors (Lipinski definition) is 27. The predicted molar refractivity (Wildman–Crippen MR) is 399 cm³/mol. The van der Waals surface area contributed by atoms with Crippen molar-refractivity contribution in [2.24, 2.45) is 0 Å². The van der Waals surface area contributed by atoms with Gasteiger partial charge in [0.2, 0.25) is 35.4 Å². The highest BCUT2D eigenvalue weighted by atomic mass is 16.7. The normalized spacial score (nSPS) is 13.5. The van der Waals surface area contributed by atoms with Gasteiger partial charge in [-0.25, -0.2) is 14.4 Å². The first-order chi connectivity index (χ1) is 54.2. The molecule has 3 rings (SSSR count). The third kappa shape index (κ3) is 59.5. The standard InChI is InChI=1S/C75H131N9O27/c85-64(76-31-13-7-1-4-10-22-73(94)109-82-37-16-19-70(82)91)25-40-97-49-55-103-58-52-100-46-34-79-67(88)28-43-106-61-63(108-45-30-69(90)81-36-48-102-54-60-105-57-51-99-42-27-66(87)78-33-15-9-3-6-12-24-75(96)111-84-39-18-21-72(84)93)62-107-44-29-68(89)80-35-47-101-53-59-104-56-50-98-41-26-65(86)77-32-14-8-2-5-11-23-74(95)110-83-38-17-20-71(83)92/h63H,1-62H2,(H,76,85)(H,77,86)(H,78,87)(H,79,88)(H,80,89)(H,81,90). The van der Waals surface area contributed by atoms with Gasteiger partial charge in [-0.15, -0.1) is 0 Å². The molecule has 0 aromatic rings. The average Bonchev–Trinajstić information content (AvgIpc) is 1.79. The second-order valence-corrected chi connectivity index (χ2v) is 26.5. The minimum Gasteiger partial charge on any atom is -0.379 e. The Labute approximate surface area is 654 Å². The molecule has 0 saturated carbocycles. The lowest BCUT2D eigenvalue weighted by molar-refractivity contribution is -0.193. The van der Waals surface area contributed by atoms with Crippen molar-refractivity contribution in [2.75, 3.05) is 211 Å². The number of carbonyl (C=O) groups excluding carboxylic acids is 12. The van der Waals surface area contributed by atoms with Crippen molar-refractivity contribution in [3.05, 3.63) is 0 Å². The molecule has 3 fully saturated rings. The van der Waals surface area contributed by atoms with Gasteiger partial charge in [0, 0.05) is 116 Å². The zero-order valence-electron chi connectivity index (χ0n) is 65.8. The van der Waals surface area contributed by atoms with E-state index in [0.717, 1.165) is 92.2 Å². The van der Waals surface area contributed by atoms with Crippen LogP contribution in [0.1, 0.15) is 193 Å². The highest BCUT2D eigenvalue weighted by molar-refractivity contribution is 5.81. The zero-order valence-corrected chi connectivity index (χ0v) is 65.8. The third-order valence-corrected chi connectivity index (χ3v) is 17.0. The smallest absolute Gasteiger partial charge is 0.332 e. The number of carbonyl (C=O) groups is 12. The Balaban J connectivity index is 1.16. The van der Waals surface area contributed by atoms with E-state index in [1.807, 2.05) is 0 Å². The van der Waals surface area contributed by atoms with Crippen molar-refractivity contribution in [1.29, 1.82) is 0 Å². The van der Waals surface area contributed by atoms with Gasteiger partial charge in [-0.05, 0) is 57.8 Å². The number of nitrogens with one attached hydrogen (secondary N) is 6. The number of amides is 9. The number of hydroxylamine groups is 6. The summed E-state index contributed by atoms with van der Waals surface area (Å²) in [6.45, 7) is 9.59. The fourth-order valence-electron chi connectivity index (χ4n) is 10.8. The summed E-state index contributed by atoms with van der Waals surface area (Å²) >= 11 is 0. The molecule has 36 heteroatoms. The summed E-state index contributed by atoms with van der Waals surface area (Å²) in [4.78, 5) is 160. The Morgan fingerprint density at radius 3 is 0.748 bits per heavy atom. The van der Waals surface area contributed by atoms with Crippen LogP contribution >= 0.6 is 0 Å². The zero-order chi connectivity index (χ0) is 79.9. The minimum absolute atomic E-state index is 0.0377. The number of unbranched alkanes of at least 4 members (excludes halogenated alkanes) is 12. The van der Waals surface area contributed by atoms with Crippen LogP contribution in [-0.2, 0) is 129 Å². The van der Waals surface area contributed by atoms with Gasteiger partial charge in [0.15, 0.2) is 0 Å². The largest absolute Gasteiger partial charge is 0.379 e. The van der Waals surface area contributed by atoms with Crippen molar-refractivity contribution in [3.63, 3.8) is 0 Å². The van der Waals surface area contributed by atoms with Crippen molar-refractivity contribution < 1.29 is 129 Å². The molecule has 0 aromatic heterocycles. The molecule has 0 atom stereocenters. The minimum atomic E-state index is -0.620. The lowest BCUT2D eigenvalue weighted by atomic mass is 10.1. The van der Waals surface area contributed by atoms with Gasteiger partial charge in [0.1, 0.15) is 6.10 Å². The van der Waals surface area contributed by atoms with Gasteiger partial charge < -0.3 is 103 Å². The molecule has 6 N–H and O–H groups in total. The third-order valence-electron chi connectivity index (χ3n) is 17.0. The molecule has 0 aromatic carbocycles. The first-order valence-corrected chi connectivity index (χ1v) is 40.3. The van der Waals surface area contributed by atoms with Gasteiger partial charge in [-0.1, -0.05) is 57.8 Å². The Morgan fingerprint density at radius 1 is 0.252 bits per heavy atom. The first-order valence-electron chi connectivity index (χ1n) is 40.3. The van der Waals surface area contributed by atoms with E-state index in [2.05, 4.69) is 31.9 Å². The van der Waals surface area contributed by atoms with Crippen LogP contribution < -0.4 is 31.9 Å². The summed E-state index contributed by atoms with van der Waals surface area (Å²) < 4.78 is 67.3. The molecule has 0 unspecified atom stereocenters. The molecule has 3 saturated heterocycles. The van der Waals surface area contributed by atoms with E-state index in [1.165, 1.54) is 0 Å². The second-order valence-electron chi connectivity index (χ2n) is 26.5. The monoisotopic (exact) mass is 1590 g/mol. The van der Waals surface area contributed by atoms with Crippen molar-refractivity contribution in [3.8, 4) is 0 Å². The summed E-state index contributed by atoms with van der Waals surface area (Å²) in [6.07, 6.45) is 17.2. The highest BCUT2D eigenvalue weighted by Gasteiger charge is 2.27. The van der Waals surface area contributed by atoms with E-state index < -0.39 is 6.10 Å². The van der Waals surface area contributed by atoms with Gasteiger partial charge in [-0.3, -0.25) is 43.2 Å². The van der Waals surface area contributed by atoms with E-state index in [0.29, 0.717) is 176 Å². The number of hydrogen-bond donors (Lipinski definition) is 6. The SMILES string of the molecule is O=C(CCOCCOCCOCCNC(=O)CCOCC(COCCC(=O)NCCOCCOCCOCCC(=O)NCCCCCCCC(=O)ON1CCCC1=O)OCCC(=O)NCCOCCOCCOCCC(=O)NCCCCCCCC(=O)ON1CCCC1=O)NCCCCCCCC(=O)ON1CCCC1=O. The summed E-state index contributed by atoms with van der Waals surface area (Å²) in [5.74, 6) is -2.62. The van der Waals surface area contributed by atoms with Crippen LogP contribution in [0.3, 0.4) is 0 Å². The van der Waals surface area contributed by atoms with Gasteiger partial charge in [0.05, 0.1) is 172 Å². The van der Waals surface area contributed by atoms with Crippen LogP contribution in [0.25, 0.3) is 0 Å². The van der Waals surface area contributed by atoms with E-state index in [9.17, 15) is 57.5 Å². The Hall–Kier alpha value is -6.84. The maximum atomic E-state index is 12.7. The van der Waals surface area contributed by atoms with Crippen LogP contribution in [0, 0.1) is 0 Å². The van der Waals surface area contributed by atoms with E-state index in [4.69, 9.17) is 71.4 Å². The van der Waals surface area contributed by atoms with Gasteiger partial charge in [-0.2, -0.15) is 15.2 Å². The number of rotatable bonds is 77. The topological polar surface area (TPSA) is 425 Å². The molecular weight excluding hydrogens is 1460 g/mol. The predicted octanol–water partition coefficient (Wildman–Crippen LogP) is 2.86. The molecule has 638 valence electrons. The molecule has 0 aliphatic carbocycles. The van der Waals surface area contributed by atoms with Gasteiger partial charge in [0.25, 0.3) is 17.7 Å². The van der Waals surface area contributed by atoms with Gasteiger partial charge >= 0.3 is 17.9 Å². The van der Waals surface area contributed by atoms with Crippen LogP contribution in [-0.4, -0.2) is 303 Å². The molecule has 0 bridgehead atoms. The molecule has 3 aliphatic rings. The highest BCUT2D eigenvalue weighted by Crippen LogP contribution is 2.16. The van der Waals surface area contributed by atoms with Crippen LogP contribution in [0.5, 0.6) is 0 Å². The van der Waals surface area contributed by atoms with Crippen molar-refractivity contribution in [1.82, 2.24) is 47.1 Å². The Bertz CT molecular complexity index is 2440.